The van der Waals surface area contributed by atoms with Crippen molar-refractivity contribution in [1.82, 2.24) is 9.80 Å². The van der Waals surface area contributed by atoms with Crippen molar-refractivity contribution in [2.75, 3.05) is 42.9 Å². The third-order valence-corrected chi connectivity index (χ3v) is 7.94. The molecule has 3 aromatic rings. The fourth-order valence-corrected chi connectivity index (χ4v) is 5.50. The van der Waals surface area contributed by atoms with Crippen LogP contribution in [0.3, 0.4) is 0 Å². The summed E-state index contributed by atoms with van der Waals surface area (Å²) < 4.78 is 40.3. The third-order valence-electron chi connectivity index (χ3n) is 7.94. The highest BCUT2D eigenvalue weighted by Crippen LogP contribution is 2.37. The van der Waals surface area contributed by atoms with Crippen LogP contribution in [-0.2, 0) is 15.8 Å². The number of alkyl halides is 3. The summed E-state index contributed by atoms with van der Waals surface area (Å²) in [5, 5.41) is 14.2. The summed E-state index contributed by atoms with van der Waals surface area (Å²) in [6, 6.07) is 17.9. The number of anilines is 2. The van der Waals surface area contributed by atoms with Crippen molar-refractivity contribution in [3.63, 3.8) is 0 Å². The van der Waals surface area contributed by atoms with Crippen molar-refractivity contribution in [2.45, 2.75) is 32.4 Å². The van der Waals surface area contributed by atoms with Crippen LogP contribution in [0, 0.1) is 11.3 Å². The molecule has 43 heavy (non-hydrogen) atoms. The zero-order valence-electron chi connectivity index (χ0n) is 23.6. The molecule has 1 fully saturated rings. The molecule has 0 unspecified atom stereocenters. The molecule has 2 heterocycles. The van der Waals surface area contributed by atoms with Crippen LogP contribution in [0.4, 0.5) is 29.3 Å². The largest absolute Gasteiger partial charge is 0.417 e. The Balaban J connectivity index is 1.09. The Labute approximate surface area is 247 Å². The Morgan fingerprint density at radius 1 is 0.930 bits per heavy atom. The number of halogens is 3. The number of carbonyl (C=O) groups is 3. The first-order valence-electron chi connectivity index (χ1n) is 14.0. The summed E-state index contributed by atoms with van der Waals surface area (Å²) in [5.41, 5.74) is -0.725. The molecule has 0 aliphatic carbocycles. The molecule has 1 N–H and O–H groups in total. The van der Waals surface area contributed by atoms with E-state index in [1.807, 2.05) is 42.5 Å². The lowest BCUT2D eigenvalue weighted by Crippen LogP contribution is -2.50. The molecule has 5 rings (SSSR count). The van der Waals surface area contributed by atoms with E-state index >= 15 is 0 Å². The number of benzene rings is 3. The average molecular weight is 590 g/mol. The summed E-state index contributed by atoms with van der Waals surface area (Å²) >= 11 is 0. The minimum Gasteiger partial charge on any atom is -0.322 e. The number of rotatable bonds is 7. The molecule has 11 heteroatoms. The van der Waals surface area contributed by atoms with E-state index in [1.54, 1.807) is 4.90 Å². The van der Waals surface area contributed by atoms with Gasteiger partial charge in [0.2, 0.25) is 0 Å². The second kappa shape index (κ2) is 12.3. The number of fused-ring (bicyclic) bond motifs is 1. The molecule has 0 bridgehead atoms. The minimum atomic E-state index is -4.80. The summed E-state index contributed by atoms with van der Waals surface area (Å²) in [6.45, 7) is 4.83. The van der Waals surface area contributed by atoms with E-state index < -0.39 is 29.1 Å². The van der Waals surface area contributed by atoms with Gasteiger partial charge in [0.1, 0.15) is 0 Å². The number of unbranched alkanes of at least 4 members (excludes halogenated alkanes) is 1. The normalized spacial score (nSPS) is 16.3. The van der Waals surface area contributed by atoms with Crippen LogP contribution < -0.4 is 10.2 Å². The van der Waals surface area contributed by atoms with Crippen LogP contribution >= 0.6 is 0 Å². The number of imide groups is 1. The van der Waals surface area contributed by atoms with Crippen molar-refractivity contribution in [3.05, 3.63) is 82.9 Å². The Hall–Kier alpha value is -4.69. The Morgan fingerprint density at radius 2 is 1.65 bits per heavy atom. The van der Waals surface area contributed by atoms with Crippen molar-refractivity contribution >= 4 is 40.0 Å². The maximum absolute atomic E-state index is 13.4. The summed E-state index contributed by atoms with van der Waals surface area (Å²) in [4.78, 5) is 43.5. The third kappa shape index (κ3) is 6.39. The van der Waals surface area contributed by atoms with Gasteiger partial charge < -0.3 is 10.2 Å². The van der Waals surface area contributed by atoms with Crippen LogP contribution in [0.5, 0.6) is 0 Å². The second-order valence-electron chi connectivity index (χ2n) is 10.7. The Morgan fingerprint density at radius 3 is 2.35 bits per heavy atom. The number of urea groups is 1. The highest BCUT2D eigenvalue weighted by Gasteiger charge is 2.39. The average Bonchev–Trinajstić information content (AvgIpc) is 3.21. The molecule has 0 spiro atoms. The van der Waals surface area contributed by atoms with Gasteiger partial charge in [-0.05, 0) is 73.8 Å². The maximum Gasteiger partial charge on any atom is 0.417 e. The Bertz CT molecular complexity index is 1650. The molecular weight excluding hydrogens is 559 g/mol. The lowest BCUT2D eigenvalue weighted by molar-refractivity contribution is -0.138. The van der Waals surface area contributed by atoms with Gasteiger partial charge in [-0.3, -0.25) is 14.5 Å². The van der Waals surface area contributed by atoms with E-state index in [2.05, 4.69) is 10.2 Å². The van der Waals surface area contributed by atoms with E-state index in [1.165, 1.54) is 19.1 Å². The van der Waals surface area contributed by atoms with E-state index in [0.29, 0.717) is 45.1 Å². The molecule has 0 atom stereocenters. The zero-order valence-corrected chi connectivity index (χ0v) is 23.6. The van der Waals surface area contributed by atoms with Gasteiger partial charge in [0.05, 0.1) is 22.9 Å². The number of piperazine rings is 1. The van der Waals surface area contributed by atoms with Crippen LogP contribution in [0.25, 0.3) is 10.8 Å². The van der Waals surface area contributed by atoms with Gasteiger partial charge in [0.25, 0.3) is 11.8 Å². The molecule has 4 amide bonds. The van der Waals surface area contributed by atoms with Crippen LogP contribution in [-0.4, -0.2) is 60.4 Å². The first-order valence-corrected chi connectivity index (χ1v) is 14.0. The second-order valence-corrected chi connectivity index (χ2v) is 10.7. The number of amides is 4. The first kappa shape index (κ1) is 29.8. The minimum absolute atomic E-state index is 0.143. The fraction of sp³-hybridized carbons (Fsp3) is 0.312. The number of nitrogens with one attached hydrogen (secondary N) is 1. The van der Waals surface area contributed by atoms with Gasteiger partial charge in [-0.15, -0.1) is 0 Å². The zero-order chi connectivity index (χ0) is 30.7. The van der Waals surface area contributed by atoms with E-state index in [-0.39, 0.29) is 22.9 Å². The van der Waals surface area contributed by atoms with Crippen LogP contribution in [0.2, 0.25) is 0 Å². The van der Waals surface area contributed by atoms with Gasteiger partial charge in [-0.1, -0.05) is 30.3 Å². The van der Waals surface area contributed by atoms with Crippen molar-refractivity contribution < 1.29 is 27.6 Å². The van der Waals surface area contributed by atoms with Gasteiger partial charge in [-0.25, -0.2) is 9.69 Å². The quantitative estimate of drug-likeness (QED) is 0.272. The summed E-state index contributed by atoms with van der Waals surface area (Å²) in [6.07, 6.45) is -3.12. The summed E-state index contributed by atoms with van der Waals surface area (Å²) in [7, 11) is 0. The SMILES string of the molecule is CC1=C(CCCCN2CCN(C(=O)Nc3ccc4ccccc4c3)CC2)C(=O)N(c2ccc(C#N)c(C(F)(F)F)c2)C1=O. The lowest BCUT2D eigenvalue weighted by Gasteiger charge is -2.34. The van der Waals surface area contributed by atoms with E-state index in [9.17, 15) is 27.6 Å². The van der Waals surface area contributed by atoms with Gasteiger partial charge in [-0.2, -0.15) is 18.4 Å². The first-order chi connectivity index (χ1) is 20.6. The highest BCUT2D eigenvalue weighted by molar-refractivity contribution is 6.32. The molecule has 3 aromatic carbocycles. The van der Waals surface area contributed by atoms with Crippen LogP contribution in [0.1, 0.15) is 37.3 Å². The molecule has 1 saturated heterocycles. The molecule has 222 valence electrons. The summed E-state index contributed by atoms with van der Waals surface area (Å²) in [5.74, 6) is -1.29. The fourth-order valence-electron chi connectivity index (χ4n) is 5.50. The standard InChI is InChI=1S/C32H30F3N5O3/c1-21-27(30(42)40(29(21)41)26-12-10-24(20-36)28(19-26)32(33,34)35)8-4-5-13-38-14-16-39(17-15-38)31(43)37-25-11-9-22-6-2-3-7-23(22)18-25/h2-3,6-7,9-12,18-19H,4-5,8,13-17H2,1H3,(H,37,43). The molecule has 8 nitrogen and oxygen atoms in total. The Kier molecular flexibility index (Phi) is 8.50. The van der Waals surface area contributed by atoms with Crippen molar-refractivity contribution in [3.8, 4) is 6.07 Å². The van der Waals surface area contributed by atoms with E-state index in [0.717, 1.165) is 40.4 Å². The van der Waals surface area contributed by atoms with Crippen LogP contribution in [0.15, 0.2) is 71.8 Å². The smallest absolute Gasteiger partial charge is 0.322 e. The maximum atomic E-state index is 13.4. The topological polar surface area (TPSA) is 96.8 Å². The molecular formula is C32H30F3N5O3. The monoisotopic (exact) mass is 589 g/mol. The predicted octanol–water partition coefficient (Wildman–Crippen LogP) is 5.94. The van der Waals surface area contributed by atoms with Gasteiger partial charge in [0.15, 0.2) is 0 Å². The van der Waals surface area contributed by atoms with Crippen molar-refractivity contribution in [2.24, 2.45) is 0 Å². The predicted molar refractivity (Wildman–Crippen MR) is 156 cm³/mol. The number of hydrogen-bond acceptors (Lipinski definition) is 5. The molecule has 0 aromatic heterocycles. The number of nitrogens with zero attached hydrogens (tertiary/aromatic N) is 4. The van der Waals surface area contributed by atoms with Gasteiger partial charge >= 0.3 is 12.2 Å². The molecule has 0 saturated carbocycles. The number of nitriles is 1. The lowest BCUT2D eigenvalue weighted by atomic mass is 10.0. The molecule has 0 radical (unpaired) electrons. The molecule has 2 aliphatic rings. The van der Waals surface area contributed by atoms with E-state index in [4.69, 9.17) is 5.26 Å². The highest BCUT2D eigenvalue weighted by atomic mass is 19.4. The van der Waals surface area contributed by atoms with Crippen molar-refractivity contribution in [1.29, 1.82) is 5.26 Å². The molecule has 2 aliphatic heterocycles. The number of carbonyl (C=O) groups excluding carboxylic acids is 3. The van der Waals surface area contributed by atoms with Gasteiger partial charge in [0, 0.05) is 43.0 Å². The number of hydrogen-bond donors (Lipinski definition) is 1.